The zero-order valence-electron chi connectivity index (χ0n) is 23.0. The third-order valence-corrected chi connectivity index (χ3v) is 8.21. The molecule has 2 fully saturated rings. The van der Waals surface area contributed by atoms with E-state index >= 15 is 0 Å². The summed E-state index contributed by atoms with van der Waals surface area (Å²) in [5.74, 6) is -2.19. The molecular weight excluding hydrogens is 563 g/mol. The third kappa shape index (κ3) is 9.44. The average Bonchev–Trinajstić information content (AvgIpc) is 3.72. The highest BCUT2D eigenvalue weighted by Gasteiger charge is 2.51. The van der Waals surface area contributed by atoms with Crippen molar-refractivity contribution in [3.63, 3.8) is 0 Å². The van der Waals surface area contributed by atoms with E-state index in [9.17, 15) is 26.4 Å². The predicted molar refractivity (Wildman–Crippen MR) is 147 cm³/mol. The zero-order chi connectivity index (χ0) is 30.3. The van der Waals surface area contributed by atoms with Gasteiger partial charge >= 0.3 is 12.1 Å². The standard InChI is InChI=1S/C26H35N3O4S.C2HF3O2/c1-20(2)19-21-3-9-24(10-4-21)34(31,32)28-23-7-5-22(6-8-23)26(11-12-26)25(30)27-13-14-29-15-17-33-18-16-29;3-2(4,5)1(6)7/h3-10,20,28H,11-19H2,1-2H3,(H,27,30);(H,6,7). The Morgan fingerprint density at radius 2 is 1.59 bits per heavy atom. The van der Waals surface area contributed by atoms with E-state index in [1.807, 2.05) is 24.3 Å². The molecule has 2 aromatic carbocycles. The van der Waals surface area contributed by atoms with Gasteiger partial charge in [-0.3, -0.25) is 14.4 Å². The fourth-order valence-electron chi connectivity index (χ4n) is 4.44. The van der Waals surface area contributed by atoms with E-state index in [-0.39, 0.29) is 10.8 Å². The molecule has 1 aliphatic heterocycles. The average molecular weight is 600 g/mol. The van der Waals surface area contributed by atoms with E-state index in [0.29, 0.717) is 18.2 Å². The maximum atomic E-state index is 12.9. The van der Waals surface area contributed by atoms with Crippen LogP contribution >= 0.6 is 0 Å². The number of alkyl halides is 3. The van der Waals surface area contributed by atoms with Crippen molar-refractivity contribution in [3.05, 3.63) is 59.7 Å². The Labute approximate surface area is 238 Å². The fourth-order valence-corrected chi connectivity index (χ4v) is 5.50. The number of aliphatic carboxylic acids is 1. The number of ether oxygens (including phenoxy) is 1. The SMILES string of the molecule is CC(C)Cc1ccc(S(=O)(=O)Nc2ccc(C3(C(=O)NCCN4CCOCC4)CC3)cc2)cc1.O=C(O)C(F)(F)F. The first-order chi connectivity index (χ1) is 19.2. The van der Waals surface area contributed by atoms with Crippen molar-refractivity contribution in [1.29, 1.82) is 0 Å². The first-order valence-electron chi connectivity index (χ1n) is 13.3. The number of carboxylic acid groups (broad SMARTS) is 1. The molecule has 4 rings (SSSR count). The Morgan fingerprint density at radius 3 is 2.07 bits per heavy atom. The number of halogens is 3. The molecule has 0 atom stereocenters. The molecule has 0 aromatic heterocycles. The van der Waals surface area contributed by atoms with Crippen molar-refractivity contribution < 1.29 is 41.0 Å². The molecule has 1 heterocycles. The molecule has 0 unspecified atom stereocenters. The zero-order valence-corrected chi connectivity index (χ0v) is 23.9. The van der Waals surface area contributed by atoms with E-state index in [4.69, 9.17) is 14.6 Å². The number of anilines is 1. The topological polar surface area (TPSA) is 125 Å². The number of sulfonamides is 1. The Kier molecular flexibility index (Phi) is 10.8. The number of nitrogens with one attached hydrogen (secondary N) is 2. The van der Waals surface area contributed by atoms with Crippen molar-refractivity contribution in [2.45, 2.75) is 49.6 Å². The van der Waals surface area contributed by atoms with Gasteiger partial charge in [0.05, 0.1) is 23.5 Å². The maximum Gasteiger partial charge on any atom is 0.490 e. The molecule has 9 nitrogen and oxygen atoms in total. The van der Waals surface area contributed by atoms with Crippen molar-refractivity contribution in [2.24, 2.45) is 5.92 Å². The van der Waals surface area contributed by atoms with E-state index in [1.54, 1.807) is 24.3 Å². The molecule has 226 valence electrons. The third-order valence-electron chi connectivity index (χ3n) is 6.81. The number of carboxylic acids is 1. The lowest BCUT2D eigenvalue weighted by Crippen LogP contribution is -2.43. The molecule has 0 bridgehead atoms. The van der Waals surface area contributed by atoms with Gasteiger partial charge in [-0.25, -0.2) is 13.2 Å². The normalized spacial score (nSPS) is 16.8. The summed E-state index contributed by atoms with van der Waals surface area (Å²) in [7, 11) is -3.67. The minimum absolute atomic E-state index is 0.0515. The second-order valence-corrected chi connectivity index (χ2v) is 12.2. The lowest BCUT2D eigenvalue weighted by atomic mass is 9.95. The van der Waals surface area contributed by atoms with E-state index in [0.717, 1.165) is 63.2 Å². The summed E-state index contributed by atoms with van der Waals surface area (Å²) in [6.07, 6.45) is -2.55. The molecule has 1 amide bonds. The van der Waals surface area contributed by atoms with Gasteiger partial charge in [0.15, 0.2) is 0 Å². The lowest BCUT2D eigenvalue weighted by molar-refractivity contribution is -0.192. The summed E-state index contributed by atoms with van der Waals surface area (Å²) in [6, 6.07) is 14.2. The molecule has 2 aliphatic rings. The Bertz CT molecular complexity index is 1270. The molecule has 0 radical (unpaired) electrons. The summed E-state index contributed by atoms with van der Waals surface area (Å²) >= 11 is 0. The molecule has 1 saturated carbocycles. The van der Waals surface area contributed by atoms with E-state index in [1.165, 1.54) is 0 Å². The molecule has 2 aromatic rings. The van der Waals surface area contributed by atoms with Crippen LogP contribution in [-0.2, 0) is 36.2 Å². The van der Waals surface area contributed by atoms with Crippen LogP contribution in [0, 0.1) is 5.92 Å². The predicted octanol–water partition coefficient (Wildman–Crippen LogP) is 3.80. The fraction of sp³-hybridized carbons (Fsp3) is 0.500. The van der Waals surface area contributed by atoms with Gasteiger partial charge in [0, 0.05) is 31.9 Å². The number of amides is 1. The van der Waals surface area contributed by atoms with Gasteiger partial charge in [0.25, 0.3) is 10.0 Å². The van der Waals surface area contributed by atoms with Crippen LogP contribution in [-0.4, -0.2) is 75.9 Å². The quantitative estimate of drug-likeness (QED) is 0.380. The number of morpholine rings is 1. The van der Waals surface area contributed by atoms with Crippen molar-refractivity contribution in [2.75, 3.05) is 44.1 Å². The van der Waals surface area contributed by atoms with Crippen LogP contribution < -0.4 is 10.0 Å². The van der Waals surface area contributed by atoms with E-state index < -0.39 is 27.6 Å². The second kappa shape index (κ2) is 13.7. The highest BCUT2D eigenvalue weighted by Crippen LogP contribution is 2.48. The Balaban J connectivity index is 0.000000587. The Morgan fingerprint density at radius 1 is 1.02 bits per heavy atom. The van der Waals surface area contributed by atoms with Gasteiger partial charge in [-0.15, -0.1) is 0 Å². The molecule has 13 heteroatoms. The van der Waals surface area contributed by atoms with E-state index in [2.05, 4.69) is 28.8 Å². The largest absolute Gasteiger partial charge is 0.490 e. The number of rotatable bonds is 10. The number of carbonyl (C=O) groups is 2. The minimum Gasteiger partial charge on any atom is -0.475 e. The lowest BCUT2D eigenvalue weighted by Gasteiger charge is -2.27. The van der Waals surface area contributed by atoms with Crippen LogP contribution in [0.2, 0.25) is 0 Å². The highest BCUT2D eigenvalue weighted by molar-refractivity contribution is 7.92. The highest BCUT2D eigenvalue weighted by atomic mass is 32.2. The number of hydrogen-bond donors (Lipinski definition) is 3. The first-order valence-corrected chi connectivity index (χ1v) is 14.8. The van der Waals surface area contributed by atoms with Crippen LogP contribution in [0.1, 0.15) is 37.8 Å². The van der Waals surface area contributed by atoms with Crippen LogP contribution in [0.3, 0.4) is 0 Å². The van der Waals surface area contributed by atoms with Gasteiger partial charge < -0.3 is 15.2 Å². The summed E-state index contributed by atoms with van der Waals surface area (Å²) < 4.78 is 65.3. The van der Waals surface area contributed by atoms with Crippen molar-refractivity contribution >= 4 is 27.6 Å². The van der Waals surface area contributed by atoms with Gasteiger partial charge in [0.1, 0.15) is 0 Å². The summed E-state index contributed by atoms with van der Waals surface area (Å²) in [5, 5.41) is 10.2. The molecular formula is C28H36F3N3O6S. The number of nitrogens with zero attached hydrogens (tertiary/aromatic N) is 1. The van der Waals surface area contributed by atoms with Crippen LogP contribution in [0.25, 0.3) is 0 Å². The number of carbonyl (C=O) groups excluding carboxylic acids is 1. The second-order valence-electron chi connectivity index (χ2n) is 10.5. The number of hydrogen-bond acceptors (Lipinski definition) is 6. The van der Waals surface area contributed by atoms with Crippen molar-refractivity contribution in [1.82, 2.24) is 10.2 Å². The van der Waals surface area contributed by atoms with Crippen LogP contribution in [0.5, 0.6) is 0 Å². The number of benzene rings is 2. The van der Waals surface area contributed by atoms with Crippen molar-refractivity contribution in [3.8, 4) is 0 Å². The minimum atomic E-state index is -5.08. The molecule has 3 N–H and O–H groups in total. The van der Waals surface area contributed by atoms with Gasteiger partial charge in [-0.05, 0) is 60.6 Å². The molecule has 41 heavy (non-hydrogen) atoms. The summed E-state index contributed by atoms with van der Waals surface area (Å²) in [6.45, 7) is 9.02. The maximum absolute atomic E-state index is 12.9. The molecule has 1 saturated heterocycles. The van der Waals surface area contributed by atoms with Gasteiger partial charge in [-0.1, -0.05) is 38.1 Å². The van der Waals surface area contributed by atoms with Gasteiger partial charge in [-0.2, -0.15) is 13.2 Å². The smallest absolute Gasteiger partial charge is 0.475 e. The molecule has 1 aliphatic carbocycles. The Hall–Kier alpha value is -3.16. The summed E-state index contributed by atoms with van der Waals surface area (Å²) in [5.41, 5.74) is 2.04. The summed E-state index contributed by atoms with van der Waals surface area (Å²) in [4.78, 5) is 24.3. The molecule has 0 spiro atoms. The van der Waals surface area contributed by atoms with Gasteiger partial charge in [0.2, 0.25) is 5.91 Å². The monoisotopic (exact) mass is 599 g/mol. The van der Waals surface area contributed by atoms with Crippen LogP contribution in [0.15, 0.2) is 53.4 Å². The van der Waals surface area contributed by atoms with Crippen LogP contribution in [0.4, 0.5) is 18.9 Å². The first kappa shape index (κ1) is 32.4.